The highest BCUT2D eigenvalue weighted by atomic mass is 35.5. The molecular weight excluding hydrogens is 469 g/mol. The van der Waals surface area contributed by atoms with Gasteiger partial charge >= 0.3 is 0 Å². The molecule has 1 saturated heterocycles. The van der Waals surface area contributed by atoms with E-state index in [0.29, 0.717) is 6.54 Å². The van der Waals surface area contributed by atoms with E-state index in [9.17, 15) is 4.79 Å². The maximum Gasteiger partial charge on any atom is 0.231 e. The average molecular weight is 505 g/mol. The van der Waals surface area contributed by atoms with Gasteiger partial charge in [-0.15, -0.1) is 37.2 Å². The topological polar surface area (TPSA) is 74.5 Å². The molecule has 1 amide bonds. The summed E-state index contributed by atoms with van der Waals surface area (Å²) in [5, 5.41) is 3.04. The van der Waals surface area contributed by atoms with Gasteiger partial charge in [-0.3, -0.25) is 9.69 Å². The van der Waals surface area contributed by atoms with Crippen LogP contribution < -0.4 is 16.0 Å². The summed E-state index contributed by atoms with van der Waals surface area (Å²) in [5.74, 6) is 1.07. The Morgan fingerprint density at radius 1 is 1.00 bits per heavy atom. The third-order valence-electron chi connectivity index (χ3n) is 6.19. The average Bonchev–Trinajstić information content (AvgIpc) is 2.78. The Morgan fingerprint density at radius 3 is 2.12 bits per heavy atom. The Bertz CT molecular complexity index is 772. The second kappa shape index (κ2) is 14.6. The molecule has 6 nitrogen and oxygen atoms in total. The van der Waals surface area contributed by atoms with Crippen molar-refractivity contribution in [2.45, 2.75) is 33.2 Å². The minimum Gasteiger partial charge on any atom is -0.354 e. The van der Waals surface area contributed by atoms with Crippen LogP contribution in [0.2, 0.25) is 0 Å². The van der Waals surface area contributed by atoms with E-state index in [1.165, 1.54) is 5.56 Å². The van der Waals surface area contributed by atoms with Crippen LogP contribution in [0.1, 0.15) is 32.3 Å². The predicted molar refractivity (Wildman–Crippen MR) is 141 cm³/mol. The molecule has 0 atom stereocenters. The minimum atomic E-state index is -0.480. The number of rotatable bonds is 8. The van der Waals surface area contributed by atoms with E-state index in [4.69, 9.17) is 5.73 Å². The zero-order valence-corrected chi connectivity index (χ0v) is 21.3. The first-order chi connectivity index (χ1) is 14.1. The van der Waals surface area contributed by atoms with Gasteiger partial charge < -0.3 is 16.0 Å². The molecule has 0 aliphatic carbocycles. The molecule has 2 aromatic rings. The SMILES string of the molecule is CCC(CC)(CN)C(=O)Nc1ccc(CN2CCN(c3ccccn3)CC2)cc1.Cl.Cl.Cl. The van der Waals surface area contributed by atoms with Gasteiger partial charge in [0.1, 0.15) is 5.82 Å². The Labute approximate surface area is 210 Å². The summed E-state index contributed by atoms with van der Waals surface area (Å²) in [5.41, 5.74) is 7.49. The number of piperazine rings is 1. The van der Waals surface area contributed by atoms with Gasteiger partial charge in [-0.2, -0.15) is 0 Å². The molecule has 0 spiro atoms. The highest BCUT2D eigenvalue weighted by molar-refractivity contribution is 5.95. The van der Waals surface area contributed by atoms with E-state index in [0.717, 1.165) is 57.1 Å². The van der Waals surface area contributed by atoms with Gasteiger partial charge in [0.25, 0.3) is 0 Å². The highest BCUT2D eigenvalue weighted by Gasteiger charge is 2.33. The number of halogens is 3. The van der Waals surface area contributed by atoms with E-state index in [2.05, 4.69) is 38.3 Å². The van der Waals surface area contributed by atoms with Crippen LogP contribution in [-0.4, -0.2) is 48.5 Å². The van der Waals surface area contributed by atoms with E-state index in [1.54, 1.807) is 0 Å². The molecule has 1 aromatic carbocycles. The number of hydrogen-bond acceptors (Lipinski definition) is 5. The quantitative estimate of drug-likeness (QED) is 0.558. The van der Waals surface area contributed by atoms with Gasteiger partial charge in [-0.05, 0) is 42.7 Å². The summed E-state index contributed by atoms with van der Waals surface area (Å²) in [6.07, 6.45) is 3.34. The van der Waals surface area contributed by atoms with Crippen molar-refractivity contribution in [2.75, 3.05) is 42.9 Å². The Morgan fingerprint density at radius 2 is 1.62 bits per heavy atom. The normalized spacial score (nSPS) is 13.9. The van der Waals surface area contributed by atoms with Crippen LogP contribution in [0.15, 0.2) is 48.7 Å². The van der Waals surface area contributed by atoms with Crippen molar-refractivity contribution in [1.29, 1.82) is 0 Å². The van der Waals surface area contributed by atoms with Crippen molar-refractivity contribution in [3.63, 3.8) is 0 Å². The zero-order chi connectivity index (χ0) is 20.7. The molecule has 1 fully saturated rings. The second-order valence-corrected chi connectivity index (χ2v) is 7.79. The number of anilines is 2. The number of nitrogens with zero attached hydrogens (tertiary/aromatic N) is 3. The van der Waals surface area contributed by atoms with Crippen LogP contribution in [0.25, 0.3) is 0 Å². The molecule has 1 aromatic heterocycles. The van der Waals surface area contributed by atoms with Gasteiger partial charge in [0.2, 0.25) is 5.91 Å². The van der Waals surface area contributed by atoms with Crippen molar-refractivity contribution < 1.29 is 4.79 Å². The van der Waals surface area contributed by atoms with Gasteiger partial charge in [-0.25, -0.2) is 4.98 Å². The van der Waals surface area contributed by atoms with Crippen LogP contribution in [-0.2, 0) is 11.3 Å². The first kappa shape index (κ1) is 30.4. The van der Waals surface area contributed by atoms with E-state index < -0.39 is 5.41 Å². The molecule has 2 heterocycles. The minimum absolute atomic E-state index is 0. The lowest BCUT2D eigenvalue weighted by Gasteiger charge is -2.35. The molecule has 3 N–H and O–H groups in total. The highest BCUT2D eigenvalue weighted by Crippen LogP contribution is 2.27. The molecule has 0 saturated carbocycles. The number of hydrogen-bond donors (Lipinski definition) is 2. The second-order valence-electron chi connectivity index (χ2n) is 7.79. The number of benzene rings is 1. The first-order valence-corrected chi connectivity index (χ1v) is 10.6. The van der Waals surface area contributed by atoms with Crippen LogP contribution >= 0.6 is 37.2 Å². The summed E-state index contributed by atoms with van der Waals surface area (Å²) in [7, 11) is 0. The maximum absolute atomic E-state index is 12.7. The molecule has 9 heteroatoms. The van der Waals surface area contributed by atoms with Crippen LogP contribution in [0.4, 0.5) is 11.5 Å². The molecule has 1 aliphatic rings. The van der Waals surface area contributed by atoms with Gasteiger partial charge in [0.15, 0.2) is 0 Å². The summed E-state index contributed by atoms with van der Waals surface area (Å²) in [6.45, 7) is 9.33. The Kier molecular flexibility index (Phi) is 13.8. The number of amides is 1. The van der Waals surface area contributed by atoms with Crippen molar-refractivity contribution >= 4 is 54.6 Å². The molecule has 180 valence electrons. The fourth-order valence-electron chi connectivity index (χ4n) is 3.84. The first-order valence-electron chi connectivity index (χ1n) is 10.6. The zero-order valence-electron chi connectivity index (χ0n) is 18.8. The smallest absolute Gasteiger partial charge is 0.231 e. The Balaban J connectivity index is 0.00000320. The third kappa shape index (κ3) is 7.49. The third-order valence-corrected chi connectivity index (χ3v) is 6.19. The maximum atomic E-state index is 12.7. The molecule has 0 unspecified atom stereocenters. The summed E-state index contributed by atoms with van der Waals surface area (Å²) in [4.78, 5) is 21.9. The standard InChI is InChI=1S/C23H33N5O.3ClH/c1-3-23(4-2,18-24)22(29)26-20-10-8-19(9-11-20)17-27-13-15-28(16-14-27)21-7-5-6-12-25-21;;;/h5-12H,3-4,13-18,24H2,1-2H3,(H,26,29);3*1H. The van der Waals surface area contributed by atoms with Gasteiger partial charge in [0.05, 0.1) is 5.41 Å². The lowest BCUT2D eigenvalue weighted by molar-refractivity contribution is -0.125. The van der Waals surface area contributed by atoms with Crippen molar-refractivity contribution in [1.82, 2.24) is 9.88 Å². The van der Waals surface area contributed by atoms with E-state index in [1.807, 2.05) is 44.3 Å². The van der Waals surface area contributed by atoms with Crippen molar-refractivity contribution in [3.05, 3.63) is 54.2 Å². The van der Waals surface area contributed by atoms with Crippen molar-refractivity contribution in [2.24, 2.45) is 11.1 Å². The number of nitrogens with two attached hydrogens (primary N) is 1. The predicted octanol–water partition coefficient (Wildman–Crippen LogP) is 4.37. The molecule has 3 rings (SSSR count). The fourth-order valence-corrected chi connectivity index (χ4v) is 3.84. The number of nitrogens with one attached hydrogen (secondary N) is 1. The Hall–Kier alpha value is -1.57. The summed E-state index contributed by atoms with van der Waals surface area (Å²) in [6, 6.07) is 14.2. The molecule has 32 heavy (non-hydrogen) atoms. The summed E-state index contributed by atoms with van der Waals surface area (Å²) < 4.78 is 0. The largest absolute Gasteiger partial charge is 0.354 e. The van der Waals surface area contributed by atoms with Gasteiger partial charge in [0, 0.05) is 51.2 Å². The van der Waals surface area contributed by atoms with Crippen LogP contribution in [0.5, 0.6) is 0 Å². The van der Waals surface area contributed by atoms with Gasteiger partial charge in [-0.1, -0.05) is 32.0 Å². The molecule has 0 bridgehead atoms. The van der Waals surface area contributed by atoms with Crippen molar-refractivity contribution in [3.8, 4) is 0 Å². The van der Waals surface area contributed by atoms with Crippen LogP contribution in [0, 0.1) is 5.41 Å². The van der Waals surface area contributed by atoms with E-state index in [-0.39, 0.29) is 43.1 Å². The van der Waals surface area contributed by atoms with E-state index >= 15 is 0 Å². The number of carbonyl (C=O) groups excluding carboxylic acids is 1. The fraction of sp³-hybridized carbons (Fsp3) is 0.478. The number of carbonyl (C=O) groups is 1. The molecule has 1 aliphatic heterocycles. The summed E-state index contributed by atoms with van der Waals surface area (Å²) >= 11 is 0. The molecule has 0 radical (unpaired) electrons. The monoisotopic (exact) mass is 503 g/mol. The number of aromatic nitrogens is 1. The molecular formula is C23H36Cl3N5O. The number of pyridine rings is 1. The lowest BCUT2D eigenvalue weighted by Crippen LogP contribution is -2.46. The lowest BCUT2D eigenvalue weighted by atomic mass is 9.81. The van der Waals surface area contributed by atoms with Crippen LogP contribution in [0.3, 0.4) is 0 Å².